The first kappa shape index (κ1) is 15.3. The van der Waals surface area contributed by atoms with Crippen LogP contribution in [0.2, 0.25) is 5.02 Å². The van der Waals surface area contributed by atoms with Crippen molar-refractivity contribution in [2.24, 2.45) is 0 Å². The number of halogens is 1. The molecule has 1 aromatic carbocycles. The van der Waals surface area contributed by atoms with Gasteiger partial charge in [0.25, 0.3) is 0 Å². The minimum Gasteiger partial charge on any atom is -0.383 e. The zero-order chi connectivity index (χ0) is 14.2. The molecule has 0 unspecified atom stereocenters. The molecule has 0 spiro atoms. The molecule has 6 heteroatoms. The van der Waals surface area contributed by atoms with Crippen molar-refractivity contribution in [1.29, 1.82) is 0 Å². The van der Waals surface area contributed by atoms with Gasteiger partial charge < -0.3 is 10.1 Å². The van der Waals surface area contributed by atoms with Crippen molar-refractivity contribution in [1.82, 2.24) is 15.3 Å². The molecule has 1 heterocycles. The van der Waals surface area contributed by atoms with E-state index in [-0.39, 0.29) is 0 Å². The molecule has 20 heavy (non-hydrogen) atoms. The summed E-state index contributed by atoms with van der Waals surface area (Å²) < 4.78 is 4.98. The molecular formula is C14H16ClN3OS. The van der Waals surface area contributed by atoms with E-state index in [4.69, 9.17) is 16.3 Å². The SMILES string of the molecule is COCCNCc1ccc(Sc2cnccn2)c(Cl)c1. The summed E-state index contributed by atoms with van der Waals surface area (Å²) in [4.78, 5) is 9.24. The topological polar surface area (TPSA) is 47.0 Å². The summed E-state index contributed by atoms with van der Waals surface area (Å²) in [7, 11) is 1.69. The highest BCUT2D eigenvalue weighted by molar-refractivity contribution is 7.99. The van der Waals surface area contributed by atoms with Crippen molar-refractivity contribution in [2.45, 2.75) is 16.5 Å². The molecule has 106 valence electrons. The number of rotatable bonds is 7. The Balaban J connectivity index is 1.95. The summed E-state index contributed by atoms with van der Waals surface area (Å²) in [5.74, 6) is 0. The van der Waals surface area contributed by atoms with Crippen molar-refractivity contribution in [3.8, 4) is 0 Å². The highest BCUT2D eigenvalue weighted by Crippen LogP contribution is 2.32. The Morgan fingerprint density at radius 1 is 1.35 bits per heavy atom. The molecule has 0 saturated carbocycles. The second-order valence-electron chi connectivity index (χ2n) is 4.08. The first-order valence-electron chi connectivity index (χ1n) is 6.21. The molecule has 0 fully saturated rings. The van der Waals surface area contributed by atoms with E-state index >= 15 is 0 Å². The third-order valence-corrected chi connectivity index (χ3v) is 3.98. The van der Waals surface area contributed by atoms with Crippen LogP contribution in [0.15, 0.2) is 46.7 Å². The lowest BCUT2D eigenvalue weighted by atomic mass is 10.2. The van der Waals surface area contributed by atoms with Gasteiger partial charge in [-0.2, -0.15) is 0 Å². The predicted octanol–water partition coefficient (Wildman–Crippen LogP) is 3.02. The Morgan fingerprint density at radius 2 is 2.25 bits per heavy atom. The van der Waals surface area contributed by atoms with Gasteiger partial charge in [-0.25, -0.2) is 4.98 Å². The van der Waals surface area contributed by atoms with Gasteiger partial charge in [0, 0.05) is 37.5 Å². The van der Waals surface area contributed by atoms with Crippen LogP contribution >= 0.6 is 23.4 Å². The van der Waals surface area contributed by atoms with E-state index in [0.29, 0.717) is 6.61 Å². The van der Waals surface area contributed by atoms with Gasteiger partial charge >= 0.3 is 0 Å². The third kappa shape index (κ3) is 4.76. The van der Waals surface area contributed by atoms with Gasteiger partial charge in [-0.3, -0.25) is 4.98 Å². The number of methoxy groups -OCH3 is 1. The van der Waals surface area contributed by atoms with Crippen LogP contribution in [0, 0.1) is 0 Å². The fourth-order valence-corrected chi connectivity index (χ4v) is 2.66. The van der Waals surface area contributed by atoms with Gasteiger partial charge in [0.2, 0.25) is 0 Å². The van der Waals surface area contributed by atoms with E-state index in [9.17, 15) is 0 Å². The summed E-state index contributed by atoms with van der Waals surface area (Å²) >= 11 is 7.81. The zero-order valence-electron chi connectivity index (χ0n) is 11.2. The first-order chi connectivity index (χ1) is 9.79. The fraction of sp³-hybridized carbons (Fsp3) is 0.286. The molecule has 0 amide bonds. The number of hydrogen-bond donors (Lipinski definition) is 1. The maximum atomic E-state index is 6.30. The van der Waals surface area contributed by atoms with Gasteiger partial charge in [-0.05, 0) is 17.7 Å². The van der Waals surface area contributed by atoms with E-state index in [0.717, 1.165) is 33.6 Å². The molecule has 0 radical (unpaired) electrons. The number of nitrogens with zero attached hydrogens (tertiary/aromatic N) is 2. The molecule has 1 N–H and O–H groups in total. The summed E-state index contributed by atoms with van der Waals surface area (Å²) in [6.07, 6.45) is 5.05. The van der Waals surface area contributed by atoms with Crippen molar-refractivity contribution >= 4 is 23.4 Å². The largest absolute Gasteiger partial charge is 0.383 e. The Morgan fingerprint density at radius 3 is 2.95 bits per heavy atom. The standard InChI is InChI=1S/C14H16ClN3OS/c1-19-7-6-17-9-11-2-3-13(12(15)8-11)20-14-10-16-4-5-18-14/h2-5,8,10,17H,6-7,9H2,1H3. The fourth-order valence-electron chi connectivity index (χ4n) is 1.59. The lowest BCUT2D eigenvalue weighted by Crippen LogP contribution is -2.18. The van der Waals surface area contributed by atoms with E-state index in [1.54, 1.807) is 25.7 Å². The Kier molecular flexibility index (Phi) is 6.26. The molecule has 0 aliphatic rings. The minimum absolute atomic E-state index is 0.703. The number of benzene rings is 1. The van der Waals surface area contributed by atoms with Crippen molar-refractivity contribution in [2.75, 3.05) is 20.3 Å². The van der Waals surface area contributed by atoms with Crippen LogP contribution in [0.5, 0.6) is 0 Å². The van der Waals surface area contributed by atoms with Crippen molar-refractivity contribution in [3.63, 3.8) is 0 Å². The Hall–Kier alpha value is -1.14. The van der Waals surface area contributed by atoms with Crippen LogP contribution in [-0.4, -0.2) is 30.2 Å². The number of nitrogens with one attached hydrogen (secondary N) is 1. The average Bonchev–Trinajstić information content (AvgIpc) is 2.47. The van der Waals surface area contributed by atoms with E-state index in [2.05, 4.69) is 21.4 Å². The molecule has 0 aliphatic heterocycles. The molecule has 0 atom stereocenters. The van der Waals surface area contributed by atoms with Crippen LogP contribution in [0.25, 0.3) is 0 Å². The van der Waals surface area contributed by atoms with Crippen molar-refractivity contribution in [3.05, 3.63) is 47.4 Å². The van der Waals surface area contributed by atoms with Crippen molar-refractivity contribution < 1.29 is 4.74 Å². The third-order valence-electron chi connectivity index (χ3n) is 2.56. The molecule has 1 aromatic heterocycles. The quantitative estimate of drug-likeness (QED) is 0.797. The highest BCUT2D eigenvalue weighted by atomic mass is 35.5. The lowest BCUT2D eigenvalue weighted by molar-refractivity contribution is 0.199. The maximum Gasteiger partial charge on any atom is 0.119 e. The van der Waals surface area contributed by atoms with Gasteiger partial charge in [-0.1, -0.05) is 29.4 Å². The minimum atomic E-state index is 0.703. The lowest BCUT2D eigenvalue weighted by Gasteiger charge is -2.07. The summed E-state index contributed by atoms with van der Waals surface area (Å²) in [6, 6.07) is 6.04. The maximum absolute atomic E-state index is 6.30. The summed E-state index contributed by atoms with van der Waals surface area (Å²) in [5.41, 5.74) is 1.15. The van der Waals surface area contributed by atoms with Crippen LogP contribution < -0.4 is 5.32 Å². The monoisotopic (exact) mass is 309 g/mol. The summed E-state index contributed by atoms with van der Waals surface area (Å²) in [5, 5.41) is 4.85. The van der Waals surface area contributed by atoms with Crippen LogP contribution in [-0.2, 0) is 11.3 Å². The molecule has 4 nitrogen and oxygen atoms in total. The zero-order valence-corrected chi connectivity index (χ0v) is 12.7. The Labute approximate surface area is 127 Å². The van der Waals surface area contributed by atoms with E-state index in [1.807, 2.05) is 12.1 Å². The number of ether oxygens (including phenoxy) is 1. The summed E-state index contributed by atoms with van der Waals surface area (Å²) in [6.45, 7) is 2.30. The molecule has 0 saturated heterocycles. The molecule has 2 aromatic rings. The number of aromatic nitrogens is 2. The van der Waals surface area contributed by atoms with E-state index in [1.165, 1.54) is 11.8 Å². The predicted molar refractivity (Wildman–Crippen MR) is 81.2 cm³/mol. The second kappa shape index (κ2) is 8.21. The first-order valence-corrected chi connectivity index (χ1v) is 7.41. The smallest absolute Gasteiger partial charge is 0.119 e. The van der Waals surface area contributed by atoms with Gasteiger partial charge in [0.05, 0.1) is 17.8 Å². The molecule has 2 rings (SSSR count). The molecule has 0 bridgehead atoms. The van der Waals surface area contributed by atoms with Crippen LogP contribution in [0.3, 0.4) is 0 Å². The van der Waals surface area contributed by atoms with Gasteiger partial charge in [-0.15, -0.1) is 0 Å². The van der Waals surface area contributed by atoms with Crippen LogP contribution in [0.4, 0.5) is 0 Å². The van der Waals surface area contributed by atoms with E-state index < -0.39 is 0 Å². The van der Waals surface area contributed by atoms with Gasteiger partial charge in [0.1, 0.15) is 5.03 Å². The van der Waals surface area contributed by atoms with Crippen LogP contribution in [0.1, 0.15) is 5.56 Å². The Bertz CT molecular complexity index is 539. The molecule has 0 aliphatic carbocycles. The molecular weight excluding hydrogens is 294 g/mol. The second-order valence-corrected chi connectivity index (χ2v) is 5.55. The van der Waals surface area contributed by atoms with Gasteiger partial charge in [0.15, 0.2) is 0 Å². The number of hydrogen-bond acceptors (Lipinski definition) is 5. The average molecular weight is 310 g/mol. The highest BCUT2D eigenvalue weighted by Gasteiger charge is 2.05. The normalized spacial score (nSPS) is 10.7.